The maximum atomic E-state index is 13.0. The van der Waals surface area contributed by atoms with Crippen molar-refractivity contribution in [3.8, 4) is 34.4 Å². The van der Waals surface area contributed by atoms with E-state index in [4.69, 9.17) is 95.5 Å². The van der Waals surface area contributed by atoms with Crippen LogP contribution in [-0.4, -0.2) is 47.5 Å². The predicted molar refractivity (Wildman–Crippen MR) is 212 cm³/mol. The number of benzene rings is 4. The molecule has 18 heteroatoms. The first-order valence-corrected chi connectivity index (χ1v) is 16.6. The molecule has 6 rings (SSSR count). The molecule has 4 N–H and O–H groups in total. The van der Waals surface area contributed by atoms with Gasteiger partial charge in [-0.1, -0.05) is 46.4 Å². The number of nitrogens with two attached hydrogens (primary N) is 1. The van der Waals surface area contributed by atoms with Gasteiger partial charge in [0.1, 0.15) is 23.0 Å². The summed E-state index contributed by atoms with van der Waals surface area (Å²) in [5.74, 6) is 1.88. The van der Waals surface area contributed by atoms with E-state index in [-0.39, 0.29) is 43.1 Å². The molecule has 6 aromatic rings. The Bertz CT molecular complexity index is 2390. The van der Waals surface area contributed by atoms with Crippen molar-refractivity contribution < 1.29 is 18.9 Å². The van der Waals surface area contributed by atoms with Crippen LogP contribution in [0.15, 0.2) is 58.1 Å². The summed E-state index contributed by atoms with van der Waals surface area (Å²) in [5.41, 5.74) is 8.26. The van der Waals surface area contributed by atoms with Gasteiger partial charge in [0.15, 0.2) is 9.54 Å². The molecule has 0 unspecified atom stereocenters. The number of ether oxygens (including phenoxy) is 4. The lowest BCUT2D eigenvalue weighted by atomic mass is 10.1. The van der Waals surface area contributed by atoms with Crippen LogP contribution in [0.4, 0.5) is 5.69 Å². The first-order valence-electron chi connectivity index (χ1n) is 14.3. The molecule has 0 saturated heterocycles. The van der Waals surface area contributed by atoms with Crippen molar-refractivity contribution in [1.82, 2.24) is 19.1 Å². The Hall–Kier alpha value is -3.95. The zero-order valence-corrected chi connectivity index (χ0v) is 32.7. The number of aromatic nitrogens is 4. The van der Waals surface area contributed by atoms with Gasteiger partial charge in [0.05, 0.1) is 87.4 Å². The molecule has 0 bridgehead atoms. The maximum absolute atomic E-state index is 13.0. The highest BCUT2D eigenvalue weighted by Gasteiger charge is 2.17. The van der Waals surface area contributed by atoms with Gasteiger partial charge in [0.2, 0.25) is 0 Å². The first kappa shape index (κ1) is 39.8. The molecular weight excluding hydrogens is 804 g/mol. The minimum atomic E-state index is -0.376. The van der Waals surface area contributed by atoms with Crippen LogP contribution in [0.5, 0.6) is 23.0 Å². The molecule has 0 radical (unpaired) electrons. The average molecular weight is 832 g/mol. The van der Waals surface area contributed by atoms with Crippen LogP contribution in [0.1, 0.15) is 5.56 Å². The quantitative estimate of drug-likeness (QED) is 0.111. The van der Waals surface area contributed by atoms with Crippen molar-refractivity contribution >= 4 is 111 Å². The third kappa shape index (κ3) is 7.65. The molecule has 0 aliphatic carbocycles. The number of rotatable bonds is 6. The van der Waals surface area contributed by atoms with E-state index in [1.54, 1.807) is 37.4 Å². The van der Waals surface area contributed by atoms with E-state index in [1.165, 1.54) is 48.7 Å². The van der Waals surface area contributed by atoms with E-state index in [1.807, 2.05) is 6.92 Å². The molecule has 51 heavy (non-hydrogen) atoms. The van der Waals surface area contributed by atoms with Crippen LogP contribution in [0.25, 0.3) is 33.2 Å². The minimum Gasteiger partial charge on any atom is -0.496 e. The van der Waals surface area contributed by atoms with Crippen LogP contribution in [-0.2, 0) is 0 Å². The van der Waals surface area contributed by atoms with Gasteiger partial charge in [0, 0.05) is 24.3 Å². The monoisotopic (exact) mass is 829 g/mol. The molecular formula is C33H28Cl5N5O6S2. The topological polar surface area (TPSA) is 139 Å². The number of hydrogen-bond donors (Lipinski definition) is 3. The van der Waals surface area contributed by atoms with Gasteiger partial charge in [-0.05, 0) is 61.2 Å². The number of H-pyrrole nitrogens is 2. The molecule has 4 aromatic carbocycles. The molecule has 2 aromatic heterocycles. The number of methoxy groups -OCH3 is 4. The Morgan fingerprint density at radius 2 is 0.980 bits per heavy atom. The van der Waals surface area contributed by atoms with E-state index in [2.05, 4.69) is 9.97 Å². The number of fused-ring (bicyclic) bond motifs is 2. The second-order valence-corrected chi connectivity index (χ2v) is 12.9. The number of nitrogens with one attached hydrogen (secondary N) is 2. The third-order valence-corrected chi connectivity index (χ3v) is 9.35. The second-order valence-electron chi connectivity index (χ2n) is 10.5. The van der Waals surface area contributed by atoms with Gasteiger partial charge in [-0.15, -0.1) is 12.4 Å². The average Bonchev–Trinajstić information content (AvgIpc) is 3.07. The zero-order valence-electron chi connectivity index (χ0n) is 27.3. The highest BCUT2D eigenvalue weighted by atomic mass is 35.5. The van der Waals surface area contributed by atoms with Gasteiger partial charge in [-0.25, -0.2) is 0 Å². The predicted octanol–water partition coefficient (Wildman–Crippen LogP) is 9.06. The van der Waals surface area contributed by atoms with Crippen molar-refractivity contribution in [3.05, 3.63) is 104 Å². The van der Waals surface area contributed by atoms with Gasteiger partial charge in [0.25, 0.3) is 11.1 Å². The van der Waals surface area contributed by atoms with E-state index >= 15 is 0 Å². The van der Waals surface area contributed by atoms with E-state index < -0.39 is 0 Å². The summed E-state index contributed by atoms with van der Waals surface area (Å²) < 4.78 is 23.8. The van der Waals surface area contributed by atoms with Crippen LogP contribution in [0.3, 0.4) is 0 Å². The summed E-state index contributed by atoms with van der Waals surface area (Å²) in [6, 6.07) is 12.8. The molecule has 0 saturated carbocycles. The van der Waals surface area contributed by atoms with Gasteiger partial charge < -0.3 is 34.6 Å². The standard InChI is InChI=1S/C17H14Cl2N2O3S.C16H13Cl2N3O3S.ClH/c1-8-4-9-12(6-14(8)23-2)20-17(25)21(16(9)22)13-7-15(24-3)11(19)5-10(13)18;1-23-13-6-12(8(17)4-9(13)18)21-15(22)7-3-10(19)14(24-2)5-11(7)20-16(21)25;/h4-7H,1-3H3,(H,20,25);3-6H,19H2,1-2H3,(H,20,25);1H. The molecule has 0 atom stereocenters. The zero-order chi connectivity index (χ0) is 36.6. The summed E-state index contributed by atoms with van der Waals surface area (Å²) in [4.78, 5) is 32.1. The fourth-order valence-corrected chi connectivity index (χ4v) is 6.81. The summed E-state index contributed by atoms with van der Waals surface area (Å²) >= 11 is 35.4. The Morgan fingerprint density at radius 1 is 0.588 bits per heavy atom. The van der Waals surface area contributed by atoms with Crippen LogP contribution in [0, 0.1) is 16.5 Å². The number of anilines is 1. The van der Waals surface area contributed by atoms with Crippen molar-refractivity contribution in [1.29, 1.82) is 0 Å². The fraction of sp³-hybridized carbons (Fsp3) is 0.152. The SMILES string of the molecule is COc1cc2[nH]c(=S)n(-c3cc(OC)c(Cl)cc3Cl)c(=O)c2cc1C.COc1cc2[nH]c(=S)n(-c3cc(OC)c(Cl)cc3Cl)c(=O)c2cc1N.Cl. The molecule has 0 amide bonds. The lowest BCUT2D eigenvalue weighted by Crippen LogP contribution is -2.21. The first-order chi connectivity index (χ1) is 23.7. The number of aryl methyl sites for hydroxylation is 1. The van der Waals surface area contributed by atoms with Crippen molar-refractivity contribution in [2.75, 3.05) is 34.2 Å². The fourth-order valence-electron chi connectivity index (χ4n) is 5.14. The van der Waals surface area contributed by atoms with Crippen LogP contribution >= 0.6 is 83.2 Å². The molecule has 0 spiro atoms. The van der Waals surface area contributed by atoms with E-state index in [9.17, 15) is 9.59 Å². The summed E-state index contributed by atoms with van der Waals surface area (Å²) in [5, 5.41) is 2.04. The maximum Gasteiger partial charge on any atom is 0.266 e. The number of hydrogen-bond acceptors (Lipinski definition) is 9. The van der Waals surface area contributed by atoms with Crippen LogP contribution in [0.2, 0.25) is 20.1 Å². The molecule has 2 heterocycles. The molecule has 0 aliphatic heterocycles. The molecule has 268 valence electrons. The lowest BCUT2D eigenvalue weighted by molar-refractivity contribution is 0.412. The smallest absolute Gasteiger partial charge is 0.266 e. The molecule has 0 aliphatic rings. The summed E-state index contributed by atoms with van der Waals surface area (Å²) in [6.07, 6.45) is 0. The van der Waals surface area contributed by atoms with Crippen molar-refractivity contribution in [3.63, 3.8) is 0 Å². The second kappa shape index (κ2) is 16.2. The summed E-state index contributed by atoms with van der Waals surface area (Å²) in [7, 11) is 6.02. The van der Waals surface area contributed by atoms with Crippen molar-refractivity contribution in [2.45, 2.75) is 6.92 Å². The lowest BCUT2D eigenvalue weighted by Gasteiger charge is -2.13. The number of nitrogen functional groups attached to an aromatic ring is 1. The number of aromatic amines is 2. The minimum absolute atomic E-state index is 0. The Kier molecular flexibility index (Phi) is 12.6. The van der Waals surface area contributed by atoms with E-state index in [0.29, 0.717) is 71.9 Å². The normalized spacial score (nSPS) is 10.7. The Labute approximate surface area is 326 Å². The van der Waals surface area contributed by atoms with Gasteiger partial charge >= 0.3 is 0 Å². The van der Waals surface area contributed by atoms with Crippen LogP contribution < -0.4 is 35.8 Å². The Balaban J connectivity index is 0.000000224. The summed E-state index contributed by atoms with van der Waals surface area (Å²) in [6.45, 7) is 1.86. The third-order valence-electron chi connectivity index (χ3n) is 7.59. The van der Waals surface area contributed by atoms with Crippen molar-refractivity contribution in [2.24, 2.45) is 0 Å². The highest BCUT2D eigenvalue weighted by Crippen LogP contribution is 2.34. The Morgan fingerprint density at radius 3 is 1.39 bits per heavy atom. The number of halogens is 5. The largest absolute Gasteiger partial charge is 0.496 e. The van der Waals surface area contributed by atoms with Gasteiger partial charge in [-0.3, -0.25) is 18.7 Å². The van der Waals surface area contributed by atoms with E-state index in [0.717, 1.165) is 5.56 Å². The number of nitrogens with zero attached hydrogens (tertiary/aromatic N) is 2. The highest BCUT2D eigenvalue weighted by molar-refractivity contribution is 7.71. The molecule has 0 fully saturated rings. The van der Waals surface area contributed by atoms with Gasteiger partial charge in [-0.2, -0.15) is 0 Å². The molecule has 11 nitrogen and oxygen atoms in total.